The predicted octanol–water partition coefficient (Wildman–Crippen LogP) is 6.72. The molecule has 0 radical (unpaired) electrons. The number of aromatic nitrogens is 2. The average Bonchev–Trinajstić information content (AvgIpc) is 3.15. The zero-order valence-corrected chi connectivity index (χ0v) is 17.3. The van der Waals surface area contributed by atoms with Gasteiger partial charge in [0.1, 0.15) is 5.52 Å². The first-order chi connectivity index (χ1) is 15.2. The number of nitrogens with zero attached hydrogens (tertiary/aromatic N) is 2. The van der Waals surface area contributed by atoms with E-state index in [0.29, 0.717) is 10.5 Å². The van der Waals surface area contributed by atoms with E-state index in [2.05, 4.69) is 10.5 Å². The predicted molar refractivity (Wildman–Crippen MR) is 128 cm³/mol. The zero-order valence-electron chi connectivity index (χ0n) is 16.5. The highest BCUT2D eigenvalue weighted by Gasteiger charge is 2.21. The van der Waals surface area contributed by atoms with Gasteiger partial charge in [0.05, 0.1) is 16.6 Å². The van der Waals surface area contributed by atoms with Crippen molar-refractivity contribution in [1.82, 2.24) is 8.97 Å². The lowest BCUT2D eigenvalue weighted by Crippen LogP contribution is -2.21. The molecule has 0 bridgehead atoms. The molecule has 2 aromatic heterocycles. The van der Waals surface area contributed by atoms with Crippen LogP contribution in [0.4, 0.5) is 0 Å². The van der Waals surface area contributed by atoms with E-state index in [0.717, 1.165) is 38.8 Å². The van der Waals surface area contributed by atoms with Crippen molar-refractivity contribution in [2.75, 3.05) is 0 Å². The SMILES string of the molecule is O=c1c2c(-c3ccccc3)c3cc(Cl)ccc3n2c2ccccc2n1-c1ccccc1. The monoisotopic (exact) mass is 420 g/mol. The summed E-state index contributed by atoms with van der Waals surface area (Å²) in [4.78, 5) is 14.1. The first-order valence-corrected chi connectivity index (χ1v) is 10.5. The summed E-state index contributed by atoms with van der Waals surface area (Å²) in [6.07, 6.45) is 0. The van der Waals surface area contributed by atoms with Gasteiger partial charge >= 0.3 is 0 Å². The first-order valence-electron chi connectivity index (χ1n) is 10.1. The third kappa shape index (κ3) is 2.64. The molecule has 4 heteroatoms. The van der Waals surface area contributed by atoms with E-state index in [-0.39, 0.29) is 5.56 Å². The summed E-state index contributed by atoms with van der Waals surface area (Å²) in [5.74, 6) is 0. The molecule has 0 aliphatic heterocycles. The van der Waals surface area contributed by atoms with Gasteiger partial charge in [-0.3, -0.25) is 9.36 Å². The molecular weight excluding hydrogens is 404 g/mol. The quantitative estimate of drug-likeness (QED) is 0.305. The van der Waals surface area contributed by atoms with Crippen molar-refractivity contribution in [2.45, 2.75) is 0 Å². The van der Waals surface area contributed by atoms with Crippen LogP contribution in [0.15, 0.2) is 108 Å². The van der Waals surface area contributed by atoms with Gasteiger partial charge in [-0.05, 0) is 48.0 Å². The normalized spacial score (nSPS) is 11.5. The standard InChI is InChI=1S/C27H17ClN2O/c28-19-15-16-22-21(17-19)25(18-9-3-1-4-10-18)26-27(31)29(20-11-5-2-6-12-20)23-13-7-8-14-24(23)30(22)26/h1-17H. The molecule has 0 aliphatic carbocycles. The minimum atomic E-state index is -0.0592. The number of para-hydroxylation sites is 3. The largest absolute Gasteiger partial charge is 0.302 e. The van der Waals surface area contributed by atoms with Crippen molar-refractivity contribution in [3.8, 4) is 16.8 Å². The lowest BCUT2D eigenvalue weighted by atomic mass is 10.0. The molecule has 0 unspecified atom stereocenters. The van der Waals surface area contributed by atoms with Crippen molar-refractivity contribution < 1.29 is 0 Å². The topological polar surface area (TPSA) is 26.4 Å². The molecule has 0 atom stereocenters. The lowest BCUT2D eigenvalue weighted by molar-refractivity contribution is 1.03. The van der Waals surface area contributed by atoms with E-state index >= 15 is 0 Å². The molecule has 148 valence electrons. The van der Waals surface area contributed by atoms with Crippen molar-refractivity contribution in [2.24, 2.45) is 0 Å². The van der Waals surface area contributed by atoms with Gasteiger partial charge in [-0.15, -0.1) is 0 Å². The number of rotatable bonds is 2. The molecule has 2 heterocycles. The van der Waals surface area contributed by atoms with Gasteiger partial charge in [-0.25, -0.2) is 0 Å². The van der Waals surface area contributed by atoms with Gasteiger partial charge in [0.15, 0.2) is 0 Å². The van der Waals surface area contributed by atoms with E-state index in [1.807, 2.05) is 97.1 Å². The van der Waals surface area contributed by atoms with Gasteiger partial charge in [-0.1, -0.05) is 72.3 Å². The summed E-state index contributed by atoms with van der Waals surface area (Å²) in [7, 11) is 0. The Hall–Kier alpha value is -3.82. The van der Waals surface area contributed by atoms with Crippen molar-refractivity contribution in [1.29, 1.82) is 0 Å². The second-order valence-electron chi connectivity index (χ2n) is 7.55. The van der Waals surface area contributed by atoms with Crippen LogP contribution in [0.25, 0.3) is 44.3 Å². The van der Waals surface area contributed by atoms with Gasteiger partial charge in [0.2, 0.25) is 0 Å². The molecule has 0 aliphatic rings. The second kappa shape index (κ2) is 6.86. The smallest absolute Gasteiger partial charge is 0.280 e. The highest BCUT2D eigenvalue weighted by Crippen LogP contribution is 2.37. The van der Waals surface area contributed by atoms with E-state index in [9.17, 15) is 4.79 Å². The maximum absolute atomic E-state index is 14.1. The molecule has 0 saturated heterocycles. The molecule has 0 spiro atoms. The third-order valence-corrected chi connectivity index (χ3v) is 6.01. The maximum atomic E-state index is 14.1. The second-order valence-corrected chi connectivity index (χ2v) is 7.99. The van der Waals surface area contributed by atoms with Crippen LogP contribution in [-0.2, 0) is 0 Å². The minimum Gasteiger partial charge on any atom is -0.302 e. The fourth-order valence-electron chi connectivity index (χ4n) is 4.50. The number of fused-ring (bicyclic) bond motifs is 5. The highest BCUT2D eigenvalue weighted by atomic mass is 35.5. The fourth-order valence-corrected chi connectivity index (χ4v) is 4.68. The van der Waals surface area contributed by atoms with Crippen LogP contribution in [0.1, 0.15) is 0 Å². The molecule has 0 N–H and O–H groups in total. The van der Waals surface area contributed by atoms with Crippen LogP contribution in [0, 0.1) is 0 Å². The zero-order chi connectivity index (χ0) is 20.9. The Bertz CT molecular complexity index is 1650. The molecule has 6 rings (SSSR count). The third-order valence-electron chi connectivity index (χ3n) is 5.78. The summed E-state index contributed by atoms with van der Waals surface area (Å²) >= 11 is 6.40. The van der Waals surface area contributed by atoms with Crippen LogP contribution in [0.2, 0.25) is 5.02 Å². The molecule has 31 heavy (non-hydrogen) atoms. The number of hydrogen-bond acceptors (Lipinski definition) is 1. The van der Waals surface area contributed by atoms with Gasteiger partial charge < -0.3 is 4.40 Å². The van der Waals surface area contributed by atoms with Crippen LogP contribution < -0.4 is 5.56 Å². The summed E-state index contributed by atoms with van der Waals surface area (Å²) < 4.78 is 3.88. The Morgan fingerprint density at radius 1 is 0.645 bits per heavy atom. The first kappa shape index (κ1) is 18.0. The Balaban J connectivity index is 1.94. The van der Waals surface area contributed by atoms with Gasteiger partial charge in [0.25, 0.3) is 5.56 Å². The van der Waals surface area contributed by atoms with Crippen molar-refractivity contribution in [3.63, 3.8) is 0 Å². The van der Waals surface area contributed by atoms with Gasteiger partial charge in [0, 0.05) is 21.7 Å². The van der Waals surface area contributed by atoms with Crippen LogP contribution in [-0.4, -0.2) is 8.97 Å². The lowest BCUT2D eigenvalue weighted by Gasteiger charge is -2.13. The molecular formula is C27H17ClN2O. The maximum Gasteiger partial charge on any atom is 0.280 e. The molecule has 6 aromatic rings. The summed E-state index contributed by atoms with van der Waals surface area (Å²) in [5, 5.41) is 1.61. The molecule has 0 fully saturated rings. The number of benzene rings is 4. The molecule has 3 nitrogen and oxygen atoms in total. The Kier molecular flexibility index (Phi) is 3.98. The Labute approximate surface area is 183 Å². The van der Waals surface area contributed by atoms with E-state index < -0.39 is 0 Å². The average molecular weight is 421 g/mol. The Morgan fingerprint density at radius 2 is 1.29 bits per heavy atom. The number of halogens is 1. The molecule has 0 amide bonds. The molecule has 4 aromatic carbocycles. The highest BCUT2D eigenvalue weighted by molar-refractivity contribution is 6.31. The van der Waals surface area contributed by atoms with Gasteiger partial charge in [-0.2, -0.15) is 0 Å². The summed E-state index contributed by atoms with van der Waals surface area (Å²) in [5.41, 5.74) is 6.11. The van der Waals surface area contributed by atoms with Crippen LogP contribution in [0.3, 0.4) is 0 Å². The summed E-state index contributed by atoms with van der Waals surface area (Å²) in [6, 6.07) is 33.7. The van der Waals surface area contributed by atoms with Crippen molar-refractivity contribution in [3.05, 3.63) is 119 Å². The van der Waals surface area contributed by atoms with Crippen LogP contribution >= 0.6 is 11.6 Å². The van der Waals surface area contributed by atoms with Crippen molar-refractivity contribution >= 4 is 39.1 Å². The van der Waals surface area contributed by atoms with E-state index in [1.165, 1.54) is 0 Å². The van der Waals surface area contributed by atoms with E-state index in [4.69, 9.17) is 11.6 Å². The fraction of sp³-hybridized carbons (Fsp3) is 0. The molecule has 0 saturated carbocycles. The number of hydrogen-bond donors (Lipinski definition) is 0. The minimum absolute atomic E-state index is 0.0592. The van der Waals surface area contributed by atoms with E-state index in [1.54, 1.807) is 4.57 Å². The summed E-state index contributed by atoms with van der Waals surface area (Å²) in [6.45, 7) is 0. The Morgan fingerprint density at radius 3 is 2.03 bits per heavy atom. The van der Waals surface area contributed by atoms with Crippen LogP contribution in [0.5, 0.6) is 0 Å².